The molecule has 0 saturated heterocycles. The molecule has 0 aliphatic carbocycles. The van der Waals surface area contributed by atoms with Gasteiger partial charge in [-0.2, -0.15) is 10.2 Å². The third-order valence-corrected chi connectivity index (χ3v) is 2.55. The van der Waals surface area contributed by atoms with E-state index in [1.165, 1.54) is 0 Å². The van der Waals surface area contributed by atoms with Gasteiger partial charge in [0.25, 0.3) is 0 Å². The predicted molar refractivity (Wildman–Crippen MR) is 90.3 cm³/mol. The normalized spacial score (nSPS) is 9.27. The van der Waals surface area contributed by atoms with Gasteiger partial charge in [-0.05, 0) is 18.2 Å². The zero-order chi connectivity index (χ0) is 16.5. The number of aromatic nitrogens is 4. The molecule has 2 heterocycles. The van der Waals surface area contributed by atoms with Crippen LogP contribution in [0.2, 0.25) is 0 Å². The molecular formula is C16H19BN4O. The molecule has 22 heavy (non-hydrogen) atoms. The second kappa shape index (κ2) is 8.72. The quantitative estimate of drug-likeness (QED) is 0.698. The van der Waals surface area contributed by atoms with Gasteiger partial charge in [0.1, 0.15) is 13.6 Å². The molecule has 2 aromatic heterocycles. The summed E-state index contributed by atoms with van der Waals surface area (Å²) < 4.78 is 0. The summed E-state index contributed by atoms with van der Waals surface area (Å²) in [5, 5.41) is 17.7. The number of hydrogen-bond donors (Lipinski definition) is 1. The van der Waals surface area contributed by atoms with E-state index in [0.717, 1.165) is 0 Å². The summed E-state index contributed by atoms with van der Waals surface area (Å²) in [4.78, 5) is 8.29. The first-order chi connectivity index (χ1) is 10.7. The molecule has 0 amide bonds. The zero-order valence-electron chi connectivity index (χ0n) is 13.3. The average molecular weight is 294 g/mol. The Labute approximate surface area is 131 Å². The van der Waals surface area contributed by atoms with Crippen LogP contribution in [0.15, 0.2) is 36.7 Å². The summed E-state index contributed by atoms with van der Waals surface area (Å²) >= 11 is 0. The first-order valence-corrected chi connectivity index (χ1v) is 7.27. The lowest BCUT2D eigenvalue weighted by atomic mass is 10.0. The van der Waals surface area contributed by atoms with Crippen LogP contribution in [0.5, 0.6) is 5.75 Å². The molecule has 0 saturated carbocycles. The molecule has 0 fully saturated rings. The Balaban J connectivity index is 0.000000561. The molecule has 6 heteroatoms. The van der Waals surface area contributed by atoms with Crippen molar-refractivity contribution in [2.75, 3.05) is 0 Å². The van der Waals surface area contributed by atoms with Gasteiger partial charge in [-0.25, -0.2) is 0 Å². The van der Waals surface area contributed by atoms with Crippen LogP contribution in [0.1, 0.15) is 27.7 Å². The predicted octanol–water partition coefficient (Wildman–Crippen LogP) is 2.64. The standard InChI is InChI=1S/C12H7BN4O.2C2H6/c13-12-2-1-8(16-17-12)7-5-9-10(6-11(7)18)15-4-3-14-9;2*1-2/h1-6,18H;2*1-2H3. The number of phenolic OH excluding ortho intramolecular Hbond substituents is 1. The summed E-state index contributed by atoms with van der Waals surface area (Å²) in [6, 6.07) is 6.59. The number of phenols is 1. The van der Waals surface area contributed by atoms with Crippen molar-refractivity contribution in [3.63, 3.8) is 0 Å². The van der Waals surface area contributed by atoms with Gasteiger partial charge in [0.2, 0.25) is 0 Å². The molecule has 0 bridgehead atoms. The molecule has 2 radical (unpaired) electrons. The summed E-state index contributed by atoms with van der Waals surface area (Å²) in [6.45, 7) is 8.00. The minimum Gasteiger partial charge on any atom is -0.507 e. The highest BCUT2D eigenvalue weighted by atomic mass is 16.3. The number of hydrogen-bond acceptors (Lipinski definition) is 5. The van der Waals surface area contributed by atoms with E-state index in [9.17, 15) is 5.11 Å². The van der Waals surface area contributed by atoms with E-state index in [4.69, 9.17) is 7.85 Å². The zero-order valence-corrected chi connectivity index (χ0v) is 13.3. The van der Waals surface area contributed by atoms with Crippen LogP contribution < -0.4 is 5.59 Å². The third-order valence-electron chi connectivity index (χ3n) is 2.55. The van der Waals surface area contributed by atoms with Crippen molar-refractivity contribution in [3.8, 4) is 17.0 Å². The second-order valence-electron chi connectivity index (χ2n) is 3.76. The molecular weight excluding hydrogens is 275 g/mol. The van der Waals surface area contributed by atoms with Crippen LogP contribution in [-0.4, -0.2) is 33.1 Å². The van der Waals surface area contributed by atoms with Crippen molar-refractivity contribution in [1.82, 2.24) is 20.2 Å². The molecule has 3 aromatic rings. The average Bonchev–Trinajstić information content (AvgIpc) is 2.59. The van der Waals surface area contributed by atoms with Crippen LogP contribution in [0.25, 0.3) is 22.3 Å². The van der Waals surface area contributed by atoms with E-state index >= 15 is 0 Å². The van der Waals surface area contributed by atoms with Gasteiger partial charge in [0.15, 0.2) is 0 Å². The van der Waals surface area contributed by atoms with E-state index in [1.807, 2.05) is 27.7 Å². The molecule has 1 aromatic carbocycles. The summed E-state index contributed by atoms with van der Waals surface area (Å²) in [7, 11) is 5.47. The smallest absolute Gasteiger partial charge is 0.144 e. The van der Waals surface area contributed by atoms with E-state index < -0.39 is 0 Å². The maximum atomic E-state index is 9.96. The van der Waals surface area contributed by atoms with E-state index in [-0.39, 0.29) is 5.75 Å². The highest BCUT2D eigenvalue weighted by Gasteiger charge is 2.09. The molecule has 0 unspecified atom stereocenters. The van der Waals surface area contributed by atoms with Crippen molar-refractivity contribution >= 4 is 24.5 Å². The van der Waals surface area contributed by atoms with Crippen molar-refractivity contribution in [3.05, 3.63) is 36.7 Å². The largest absolute Gasteiger partial charge is 0.507 e. The van der Waals surface area contributed by atoms with Crippen LogP contribution in [0.3, 0.4) is 0 Å². The second-order valence-corrected chi connectivity index (χ2v) is 3.76. The van der Waals surface area contributed by atoms with Crippen molar-refractivity contribution in [2.24, 2.45) is 0 Å². The fraction of sp³-hybridized carbons (Fsp3) is 0.250. The molecule has 0 aliphatic rings. The lowest BCUT2D eigenvalue weighted by molar-refractivity contribution is 0.477. The molecule has 0 atom stereocenters. The maximum Gasteiger partial charge on any atom is 0.144 e. The first kappa shape index (κ1) is 17.6. The summed E-state index contributed by atoms with van der Waals surface area (Å²) in [5.74, 6) is 0.0853. The summed E-state index contributed by atoms with van der Waals surface area (Å²) in [6.07, 6.45) is 3.17. The number of nitrogens with zero attached hydrogens (tertiary/aromatic N) is 4. The minimum absolute atomic E-state index is 0.0853. The van der Waals surface area contributed by atoms with Gasteiger partial charge in [0, 0.05) is 29.6 Å². The lowest BCUT2D eigenvalue weighted by Crippen LogP contribution is -2.09. The Morgan fingerprint density at radius 3 is 2.00 bits per heavy atom. The van der Waals surface area contributed by atoms with Gasteiger partial charge >= 0.3 is 0 Å². The number of aromatic hydroxyl groups is 1. The van der Waals surface area contributed by atoms with Crippen molar-refractivity contribution in [1.29, 1.82) is 0 Å². The highest BCUT2D eigenvalue weighted by Crippen LogP contribution is 2.30. The number of fused-ring (bicyclic) bond motifs is 1. The molecule has 0 spiro atoms. The Bertz CT molecular complexity index is 717. The van der Waals surface area contributed by atoms with Gasteiger partial charge in [-0.15, -0.1) is 0 Å². The minimum atomic E-state index is 0.0853. The fourth-order valence-electron chi connectivity index (χ4n) is 1.69. The molecule has 1 N–H and O–H groups in total. The molecule has 112 valence electrons. The van der Waals surface area contributed by atoms with E-state index in [1.54, 1.807) is 36.7 Å². The van der Waals surface area contributed by atoms with Gasteiger partial charge in [-0.3, -0.25) is 9.97 Å². The molecule has 3 rings (SSSR count). The van der Waals surface area contributed by atoms with Gasteiger partial charge in [0.05, 0.1) is 16.7 Å². The Morgan fingerprint density at radius 1 is 0.864 bits per heavy atom. The number of rotatable bonds is 1. The van der Waals surface area contributed by atoms with Crippen LogP contribution in [-0.2, 0) is 0 Å². The van der Waals surface area contributed by atoms with Crippen LogP contribution >= 0.6 is 0 Å². The molecule has 5 nitrogen and oxygen atoms in total. The van der Waals surface area contributed by atoms with Crippen LogP contribution in [0.4, 0.5) is 0 Å². The van der Waals surface area contributed by atoms with Crippen LogP contribution in [0, 0.1) is 0 Å². The lowest BCUT2D eigenvalue weighted by Gasteiger charge is -2.05. The Morgan fingerprint density at radius 2 is 1.45 bits per heavy atom. The first-order valence-electron chi connectivity index (χ1n) is 7.27. The van der Waals surface area contributed by atoms with Gasteiger partial charge < -0.3 is 5.11 Å². The fourth-order valence-corrected chi connectivity index (χ4v) is 1.69. The van der Waals surface area contributed by atoms with Crippen molar-refractivity contribution in [2.45, 2.75) is 27.7 Å². The van der Waals surface area contributed by atoms with E-state index in [2.05, 4.69) is 20.2 Å². The third kappa shape index (κ3) is 4.01. The molecule has 0 aliphatic heterocycles. The Hall–Kier alpha value is -2.50. The van der Waals surface area contributed by atoms with Gasteiger partial charge in [-0.1, -0.05) is 27.7 Å². The van der Waals surface area contributed by atoms with Crippen molar-refractivity contribution < 1.29 is 5.11 Å². The number of benzene rings is 1. The Kier molecular flexibility index (Phi) is 6.96. The summed E-state index contributed by atoms with van der Waals surface area (Å²) in [5.41, 5.74) is 2.73. The highest BCUT2D eigenvalue weighted by molar-refractivity contribution is 6.30. The monoisotopic (exact) mass is 294 g/mol. The topological polar surface area (TPSA) is 71.8 Å². The maximum absolute atomic E-state index is 9.96. The SMILES string of the molecule is CC.CC.[B]c1ccc(-c2cc3nccnc3cc2O)nn1. The van der Waals surface area contributed by atoms with E-state index in [0.29, 0.717) is 27.9 Å².